The molecule has 23 heavy (non-hydrogen) atoms. The first-order valence-electron chi connectivity index (χ1n) is 7.35. The number of esters is 1. The molecular formula is C16H23N3O4. The van der Waals surface area contributed by atoms with E-state index in [4.69, 9.17) is 10.5 Å². The van der Waals surface area contributed by atoms with Crippen molar-refractivity contribution < 1.29 is 19.1 Å². The second-order valence-corrected chi connectivity index (χ2v) is 5.64. The van der Waals surface area contributed by atoms with E-state index in [0.717, 1.165) is 11.3 Å². The van der Waals surface area contributed by atoms with E-state index < -0.39 is 24.5 Å². The van der Waals surface area contributed by atoms with Crippen LogP contribution in [-0.4, -0.2) is 30.6 Å². The fourth-order valence-corrected chi connectivity index (χ4v) is 1.81. The van der Waals surface area contributed by atoms with Crippen LogP contribution in [0, 0.1) is 12.8 Å². The zero-order valence-corrected chi connectivity index (χ0v) is 13.8. The monoisotopic (exact) mass is 321 g/mol. The minimum absolute atomic E-state index is 0.237. The molecular weight excluding hydrogens is 298 g/mol. The van der Waals surface area contributed by atoms with Crippen LogP contribution in [0.2, 0.25) is 0 Å². The molecule has 1 aromatic rings. The molecule has 0 saturated heterocycles. The first-order valence-corrected chi connectivity index (χ1v) is 7.35. The molecule has 1 aromatic carbocycles. The average molecular weight is 321 g/mol. The molecule has 0 fully saturated rings. The van der Waals surface area contributed by atoms with E-state index in [0.29, 0.717) is 11.5 Å². The van der Waals surface area contributed by atoms with Crippen molar-refractivity contribution in [3.63, 3.8) is 0 Å². The highest BCUT2D eigenvalue weighted by Crippen LogP contribution is 2.21. The van der Waals surface area contributed by atoms with Crippen LogP contribution in [0.1, 0.15) is 36.7 Å². The Labute approximate surface area is 135 Å². The lowest BCUT2D eigenvalue weighted by Crippen LogP contribution is -2.37. The zero-order valence-electron chi connectivity index (χ0n) is 13.8. The molecule has 1 atom stereocenters. The number of anilines is 1. The summed E-state index contributed by atoms with van der Waals surface area (Å²) in [6, 6.07) is 4.49. The van der Waals surface area contributed by atoms with Crippen LogP contribution in [0.3, 0.4) is 0 Å². The lowest BCUT2D eigenvalue weighted by molar-refractivity contribution is -0.123. The van der Waals surface area contributed by atoms with Crippen molar-refractivity contribution in [1.29, 1.82) is 0 Å². The van der Waals surface area contributed by atoms with Crippen molar-refractivity contribution in [2.45, 2.75) is 33.7 Å². The Morgan fingerprint density at radius 1 is 1.22 bits per heavy atom. The fraction of sp³-hybridized carbons (Fsp3) is 0.438. The van der Waals surface area contributed by atoms with Crippen LogP contribution in [0.15, 0.2) is 18.2 Å². The van der Waals surface area contributed by atoms with Crippen LogP contribution in [0.4, 0.5) is 10.5 Å². The number of hydrogen-bond donors (Lipinski definition) is 3. The Balaban J connectivity index is 2.78. The number of ether oxygens (including phenoxy) is 1. The number of hydrogen-bond acceptors (Lipinski definition) is 5. The Hall–Kier alpha value is -2.57. The van der Waals surface area contributed by atoms with Gasteiger partial charge in [-0.1, -0.05) is 19.9 Å². The minimum Gasteiger partial charge on any atom is -0.452 e. The van der Waals surface area contributed by atoms with Gasteiger partial charge in [-0.3, -0.25) is 10.1 Å². The summed E-state index contributed by atoms with van der Waals surface area (Å²) < 4.78 is 4.89. The summed E-state index contributed by atoms with van der Waals surface area (Å²) in [5.74, 6) is -0.975. The summed E-state index contributed by atoms with van der Waals surface area (Å²) >= 11 is 0. The predicted octanol–water partition coefficient (Wildman–Crippen LogP) is 1.80. The number of imide groups is 1. The van der Waals surface area contributed by atoms with E-state index in [9.17, 15) is 14.4 Å². The maximum atomic E-state index is 12.1. The van der Waals surface area contributed by atoms with Gasteiger partial charge < -0.3 is 15.8 Å². The molecule has 4 N–H and O–H groups in total. The van der Waals surface area contributed by atoms with E-state index in [2.05, 4.69) is 26.1 Å². The minimum atomic E-state index is -0.990. The van der Waals surface area contributed by atoms with E-state index in [1.807, 2.05) is 11.4 Å². The number of nitrogens with one attached hydrogen (secondary N) is 2. The van der Waals surface area contributed by atoms with Crippen LogP contribution >= 0.6 is 0 Å². The van der Waals surface area contributed by atoms with Crippen LogP contribution in [0.25, 0.3) is 0 Å². The van der Waals surface area contributed by atoms with E-state index in [-0.39, 0.29) is 6.04 Å². The first-order chi connectivity index (χ1) is 10.7. The summed E-state index contributed by atoms with van der Waals surface area (Å²) in [5.41, 5.74) is 6.74. The van der Waals surface area contributed by atoms with Crippen molar-refractivity contribution in [1.82, 2.24) is 5.32 Å². The number of nitrogens with two attached hydrogens (primary N) is 1. The zero-order chi connectivity index (χ0) is 17.6. The molecule has 0 radical (unpaired) electrons. The molecule has 0 unspecified atom stereocenters. The Morgan fingerprint density at radius 3 is 2.43 bits per heavy atom. The molecule has 7 heteroatoms. The summed E-state index contributed by atoms with van der Waals surface area (Å²) in [4.78, 5) is 33.9. The normalized spacial score (nSPS) is 11.7. The molecule has 1 rings (SSSR count). The van der Waals surface area contributed by atoms with Gasteiger partial charge in [0.05, 0.1) is 5.56 Å². The maximum absolute atomic E-state index is 12.1. The van der Waals surface area contributed by atoms with Crippen molar-refractivity contribution in [3.8, 4) is 0 Å². The number of carbonyl (C=O) groups excluding carboxylic acids is 3. The standard InChI is InChI=1S/C16H23N3O4/c1-9(2)11(4)18-13-7-5-6-12(10(13)3)15(21)23-8-14(20)19-16(17)22/h5-7,9,11,18H,8H2,1-4H3,(H3,17,19,20,22)/t11-/m0/s1. The SMILES string of the molecule is Cc1c(N[C@@H](C)C(C)C)cccc1C(=O)OCC(=O)NC(N)=O. The Morgan fingerprint density at radius 2 is 1.87 bits per heavy atom. The highest BCUT2D eigenvalue weighted by Gasteiger charge is 2.16. The molecule has 0 heterocycles. The maximum Gasteiger partial charge on any atom is 0.338 e. The van der Waals surface area contributed by atoms with E-state index in [1.54, 1.807) is 19.1 Å². The van der Waals surface area contributed by atoms with Crippen LogP contribution in [0.5, 0.6) is 0 Å². The quantitative estimate of drug-likeness (QED) is 0.692. The third-order valence-electron chi connectivity index (χ3n) is 3.53. The number of urea groups is 1. The number of amides is 3. The number of rotatable bonds is 6. The van der Waals surface area contributed by atoms with Gasteiger partial charge in [0.1, 0.15) is 0 Å². The van der Waals surface area contributed by atoms with Crippen molar-refractivity contribution >= 4 is 23.6 Å². The highest BCUT2D eigenvalue weighted by molar-refractivity contribution is 5.97. The fourth-order valence-electron chi connectivity index (χ4n) is 1.81. The molecule has 0 aromatic heterocycles. The molecule has 0 aliphatic carbocycles. The molecule has 0 aliphatic heterocycles. The van der Waals surface area contributed by atoms with Gasteiger partial charge in [0, 0.05) is 11.7 Å². The second kappa shape index (κ2) is 8.17. The smallest absolute Gasteiger partial charge is 0.338 e. The Kier molecular flexibility index (Phi) is 6.56. The van der Waals surface area contributed by atoms with Gasteiger partial charge in [-0.25, -0.2) is 9.59 Å². The van der Waals surface area contributed by atoms with Crippen molar-refractivity contribution in [2.75, 3.05) is 11.9 Å². The molecule has 0 aliphatic rings. The van der Waals surface area contributed by atoms with Gasteiger partial charge in [0.25, 0.3) is 5.91 Å². The van der Waals surface area contributed by atoms with Crippen molar-refractivity contribution in [2.24, 2.45) is 11.7 Å². The molecule has 126 valence electrons. The summed E-state index contributed by atoms with van der Waals surface area (Å²) in [5, 5.41) is 5.17. The lowest BCUT2D eigenvalue weighted by atomic mass is 10.0. The molecule has 0 bridgehead atoms. The largest absolute Gasteiger partial charge is 0.452 e. The van der Waals surface area contributed by atoms with Gasteiger partial charge >= 0.3 is 12.0 Å². The number of carbonyl (C=O) groups is 3. The van der Waals surface area contributed by atoms with Gasteiger partial charge in [-0.05, 0) is 37.5 Å². The third kappa shape index (κ3) is 5.61. The highest BCUT2D eigenvalue weighted by atomic mass is 16.5. The van der Waals surface area contributed by atoms with Gasteiger partial charge in [0.2, 0.25) is 0 Å². The van der Waals surface area contributed by atoms with Crippen molar-refractivity contribution in [3.05, 3.63) is 29.3 Å². The first kappa shape index (κ1) is 18.5. The summed E-state index contributed by atoms with van der Waals surface area (Å²) in [7, 11) is 0. The Bertz CT molecular complexity index is 599. The van der Waals surface area contributed by atoms with Crippen LogP contribution < -0.4 is 16.4 Å². The summed E-state index contributed by atoms with van der Waals surface area (Å²) in [6.07, 6.45) is 0. The average Bonchev–Trinajstić information content (AvgIpc) is 2.46. The third-order valence-corrected chi connectivity index (χ3v) is 3.53. The molecule has 7 nitrogen and oxygen atoms in total. The predicted molar refractivity (Wildman–Crippen MR) is 87.1 cm³/mol. The van der Waals surface area contributed by atoms with Gasteiger partial charge in [0.15, 0.2) is 6.61 Å². The van der Waals surface area contributed by atoms with Gasteiger partial charge in [-0.15, -0.1) is 0 Å². The molecule has 0 saturated carbocycles. The lowest BCUT2D eigenvalue weighted by Gasteiger charge is -2.21. The second-order valence-electron chi connectivity index (χ2n) is 5.64. The van der Waals surface area contributed by atoms with Gasteiger partial charge in [-0.2, -0.15) is 0 Å². The summed E-state index contributed by atoms with van der Waals surface area (Å²) in [6.45, 7) is 7.49. The van der Waals surface area contributed by atoms with Crippen LogP contribution in [-0.2, 0) is 9.53 Å². The van der Waals surface area contributed by atoms with E-state index >= 15 is 0 Å². The number of primary amides is 1. The number of benzene rings is 1. The van der Waals surface area contributed by atoms with E-state index in [1.165, 1.54) is 0 Å². The molecule has 3 amide bonds. The topological polar surface area (TPSA) is 111 Å². The molecule has 0 spiro atoms.